The van der Waals surface area contributed by atoms with Crippen LogP contribution in [0.4, 0.5) is 10.1 Å². The molecule has 1 saturated heterocycles. The first-order chi connectivity index (χ1) is 8.50. The molecule has 0 bridgehead atoms. The van der Waals surface area contributed by atoms with Gasteiger partial charge in [0.1, 0.15) is 5.82 Å². The van der Waals surface area contributed by atoms with Gasteiger partial charge in [-0.3, -0.25) is 0 Å². The Morgan fingerprint density at radius 1 is 1.39 bits per heavy atom. The number of aliphatic hydroxyl groups is 1. The molecule has 1 N–H and O–H groups in total. The first kappa shape index (κ1) is 13.3. The Labute approximate surface area is 108 Å². The van der Waals surface area contributed by atoms with Crippen LogP contribution in [-0.2, 0) is 0 Å². The van der Waals surface area contributed by atoms with Crippen LogP contribution in [0.1, 0.15) is 25.5 Å². The smallest absolute Gasteiger partial charge is 0.146 e. The Kier molecular flexibility index (Phi) is 3.88. The van der Waals surface area contributed by atoms with Gasteiger partial charge in [0.25, 0.3) is 0 Å². The zero-order valence-electron chi connectivity index (χ0n) is 11.2. The van der Waals surface area contributed by atoms with Crippen LogP contribution in [0.15, 0.2) is 18.2 Å². The van der Waals surface area contributed by atoms with E-state index >= 15 is 0 Å². The molecule has 3 nitrogen and oxygen atoms in total. The number of aliphatic hydroxyl groups excluding tert-OH is 1. The van der Waals surface area contributed by atoms with Crippen molar-refractivity contribution in [3.63, 3.8) is 0 Å². The van der Waals surface area contributed by atoms with Crippen molar-refractivity contribution in [1.29, 1.82) is 0 Å². The van der Waals surface area contributed by atoms with E-state index in [1.807, 2.05) is 0 Å². The van der Waals surface area contributed by atoms with Gasteiger partial charge in [0.2, 0.25) is 0 Å². The van der Waals surface area contributed by atoms with E-state index < -0.39 is 6.10 Å². The maximum atomic E-state index is 14.1. The Morgan fingerprint density at radius 3 is 2.72 bits per heavy atom. The van der Waals surface area contributed by atoms with E-state index in [0.29, 0.717) is 11.3 Å². The van der Waals surface area contributed by atoms with Crippen LogP contribution in [0.3, 0.4) is 0 Å². The van der Waals surface area contributed by atoms with Crippen LogP contribution >= 0.6 is 0 Å². The lowest BCUT2D eigenvalue weighted by atomic mass is 10.0. The highest BCUT2D eigenvalue weighted by Gasteiger charge is 2.26. The largest absolute Gasteiger partial charge is 0.389 e. The van der Waals surface area contributed by atoms with Gasteiger partial charge in [0, 0.05) is 31.2 Å². The fraction of sp³-hybridized carbons (Fsp3) is 0.571. The summed E-state index contributed by atoms with van der Waals surface area (Å²) in [5, 5.41) is 9.79. The highest BCUT2D eigenvalue weighted by molar-refractivity contribution is 5.57. The van der Waals surface area contributed by atoms with Crippen molar-refractivity contribution in [3.05, 3.63) is 29.6 Å². The van der Waals surface area contributed by atoms with Crippen LogP contribution in [0.2, 0.25) is 0 Å². The highest BCUT2D eigenvalue weighted by Crippen LogP contribution is 2.31. The van der Waals surface area contributed by atoms with E-state index in [9.17, 15) is 9.50 Å². The predicted octanol–water partition coefficient (Wildman–Crippen LogP) is 2.02. The zero-order chi connectivity index (χ0) is 13.3. The zero-order valence-corrected chi connectivity index (χ0v) is 11.2. The second kappa shape index (κ2) is 5.24. The first-order valence-electron chi connectivity index (χ1n) is 6.42. The first-order valence-corrected chi connectivity index (χ1v) is 6.42. The minimum absolute atomic E-state index is 0.246. The standard InChI is InChI=1S/C14H21FN2O/c1-10-9-16(3)7-8-17(10)14-12(11(2)18)5-4-6-13(14)15/h4-6,10-11,18H,7-9H2,1-3H3/t10?,11-/m0/s1. The third-order valence-corrected chi connectivity index (χ3v) is 3.59. The molecule has 18 heavy (non-hydrogen) atoms. The van der Waals surface area contributed by atoms with E-state index in [1.54, 1.807) is 19.1 Å². The average molecular weight is 252 g/mol. The molecule has 1 aromatic carbocycles. The average Bonchev–Trinajstić information content (AvgIpc) is 2.29. The number of likely N-dealkylation sites (N-methyl/N-ethyl adjacent to an activating group) is 1. The van der Waals surface area contributed by atoms with Gasteiger partial charge >= 0.3 is 0 Å². The summed E-state index contributed by atoms with van der Waals surface area (Å²) in [4.78, 5) is 4.31. The number of hydrogen-bond acceptors (Lipinski definition) is 3. The van der Waals surface area contributed by atoms with Gasteiger partial charge in [-0.05, 0) is 27.0 Å². The second-order valence-corrected chi connectivity index (χ2v) is 5.16. The third kappa shape index (κ3) is 2.49. The molecule has 1 aliphatic rings. The fourth-order valence-corrected chi connectivity index (χ4v) is 2.64. The summed E-state index contributed by atoms with van der Waals surface area (Å²) >= 11 is 0. The molecule has 1 fully saturated rings. The summed E-state index contributed by atoms with van der Waals surface area (Å²) in [6, 6.07) is 5.17. The summed E-state index contributed by atoms with van der Waals surface area (Å²) in [5.74, 6) is -0.246. The van der Waals surface area contributed by atoms with Crippen LogP contribution in [-0.4, -0.2) is 42.7 Å². The number of rotatable bonds is 2. The molecule has 1 aliphatic heterocycles. The minimum Gasteiger partial charge on any atom is -0.389 e. The molecule has 0 amide bonds. The summed E-state index contributed by atoms with van der Waals surface area (Å²) in [6.07, 6.45) is -0.650. The molecular weight excluding hydrogens is 231 g/mol. The topological polar surface area (TPSA) is 26.7 Å². The van der Waals surface area contributed by atoms with Crippen LogP contribution < -0.4 is 4.90 Å². The molecule has 4 heteroatoms. The number of piperazine rings is 1. The van der Waals surface area contributed by atoms with Crippen LogP contribution in [0.5, 0.6) is 0 Å². The Bertz CT molecular complexity index is 422. The van der Waals surface area contributed by atoms with Crippen LogP contribution in [0, 0.1) is 5.82 Å². The van der Waals surface area contributed by atoms with E-state index in [-0.39, 0.29) is 11.9 Å². The molecule has 1 aromatic rings. The quantitative estimate of drug-likeness (QED) is 0.872. The van der Waals surface area contributed by atoms with Gasteiger partial charge in [0.05, 0.1) is 11.8 Å². The SMILES string of the molecule is CC1CN(C)CCN1c1c(F)cccc1[C@H](C)O. The van der Waals surface area contributed by atoms with Gasteiger partial charge in [-0.2, -0.15) is 0 Å². The van der Waals surface area contributed by atoms with Gasteiger partial charge < -0.3 is 14.9 Å². The highest BCUT2D eigenvalue weighted by atomic mass is 19.1. The Balaban J connectivity index is 2.38. The van der Waals surface area contributed by atoms with Crippen molar-refractivity contribution in [3.8, 4) is 0 Å². The predicted molar refractivity (Wildman–Crippen MR) is 71.3 cm³/mol. The van der Waals surface area contributed by atoms with Crippen LogP contribution in [0.25, 0.3) is 0 Å². The number of nitrogens with zero attached hydrogens (tertiary/aromatic N) is 2. The maximum absolute atomic E-state index is 14.1. The van der Waals surface area contributed by atoms with Crippen molar-refractivity contribution in [2.45, 2.75) is 26.0 Å². The molecule has 0 aliphatic carbocycles. The van der Waals surface area contributed by atoms with E-state index in [2.05, 4.69) is 23.8 Å². The fourth-order valence-electron chi connectivity index (χ4n) is 2.64. The van der Waals surface area contributed by atoms with E-state index in [0.717, 1.165) is 19.6 Å². The molecule has 100 valence electrons. The molecule has 2 atom stereocenters. The van der Waals surface area contributed by atoms with Gasteiger partial charge in [-0.25, -0.2) is 4.39 Å². The molecule has 0 spiro atoms. The maximum Gasteiger partial charge on any atom is 0.146 e. The molecule has 0 radical (unpaired) electrons. The van der Waals surface area contributed by atoms with Crippen molar-refractivity contribution in [2.24, 2.45) is 0 Å². The van der Waals surface area contributed by atoms with Crippen molar-refractivity contribution in [1.82, 2.24) is 4.90 Å². The molecule has 0 saturated carbocycles. The number of hydrogen-bond donors (Lipinski definition) is 1. The van der Waals surface area contributed by atoms with Crippen molar-refractivity contribution >= 4 is 5.69 Å². The summed E-state index contributed by atoms with van der Waals surface area (Å²) in [6.45, 7) is 6.39. The van der Waals surface area contributed by atoms with Crippen molar-refractivity contribution in [2.75, 3.05) is 31.6 Å². The molecule has 1 heterocycles. The number of anilines is 1. The lowest BCUT2D eigenvalue weighted by Gasteiger charge is -2.41. The van der Waals surface area contributed by atoms with Gasteiger partial charge in [-0.15, -0.1) is 0 Å². The number of para-hydroxylation sites is 1. The normalized spacial score (nSPS) is 23.2. The summed E-state index contributed by atoms with van der Waals surface area (Å²) in [7, 11) is 2.07. The summed E-state index contributed by atoms with van der Waals surface area (Å²) < 4.78 is 14.1. The third-order valence-electron chi connectivity index (χ3n) is 3.59. The van der Waals surface area contributed by atoms with E-state index in [1.165, 1.54) is 6.07 Å². The molecular formula is C14H21FN2O. The molecule has 2 rings (SSSR count). The monoisotopic (exact) mass is 252 g/mol. The summed E-state index contributed by atoms with van der Waals surface area (Å²) in [5.41, 5.74) is 1.24. The van der Waals surface area contributed by atoms with Gasteiger partial charge in [0.15, 0.2) is 0 Å². The number of benzene rings is 1. The van der Waals surface area contributed by atoms with E-state index in [4.69, 9.17) is 0 Å². The molecule has 1 unspecified atom stereocenters. The Morgan fingerprint density at radius 2 is 2.11 bits per heavy atom. The minimum atomic E-state index is -0.650. The van der Waals surface area contributed by atoms with Crippen molar-refractivity contribution < 1.29 is 9.50 Å². The lowest BCUT2D eigenvalue weighted by molar-refractivity contribution is 0.198. The Hall–Kier alpha value is -1.13. The second-order valence-electron chi connectivity index (χ2n) is 5.16. The lowest BCUT2D eigenvalue weighted by Crippen LogP contribution is -2.51. The van der Waals surface area contributed by atoms with Gasteiger partial charge in [-0.1, -0.05) is 12.1 Å². The molecule has 0 aromatic heterocycles. The number of halogens is 1.